The topological polar surface area (TPSA) is 92.8 Å². The SMILES string of the molecule is CC(C)C(=O)C(C)(C)CCOC(C)(C)CCNC(=O)CCN1C(=O)CC(C(C)C)C1=O. The Balaban J connectivity index is 2.34. The van der Waals surface area contributed by atoms with Gasteiger partial charge in [0.15, 0.2) is 0 Å². The fraction of sp³-hybridized carbons (Fsp3) is 0.833. The average molecular weight is 439 g/mol. The van der Waals surface area contributed by atoms with Crippen molar-refractivity contribution in [3.05, 3.63) is 0 Å². The summed E-state index contributed by atoms with van der Waals surface area (Å²) in [7, 11) is 0. The van der Waals surface area contributed by atoms with E-state index in [1.807, 2.05) is 55.4 Å². The quantitative estimate of drug-likeness (QED) is 0.445. The fourth-order valence-electron chi connectivity index (χ4n) is 3.83. The van der Waals surface area contributed by atoms with Crippen LogP contribution in [-0.2, 0) is 23.9 Å². The summed E-state index contributed by atoms with van der Waals surface area (Å²) in [4.78, 5) is 50.0. The van der Waals surface area contributed by atoms with Gasteiger partial charge in [0.25, 0.3) is 0 Å². The molecule has 0 aliphatic carbocycles. The number of likely N-dealkylation sites (tertiary alicyclic amines) is 1. The van der Waals surface area contributed by atoms with Crippen LogP contribution in [0.15, 0.2) is 0 Å². The van der Waals surface area contributed by atoms with E-state index in [-0.39, 0.29) is 60.6 Å². The highest BCUT2D eigenvalue weighted by atomic mass is 16.5. The van der Waals surface area contributed by atoms with Crippen molar-refractivity contribution in [2.24, 2.45) is 23.2 Å². The Hall–Kier alpha value is -1.76. The molecule has 0 aromatic heterocycles. The number of nitrogens with one attached hydrogen (secondary N) is 1. The van der Waals surface area contributed by atoms with E-state index >= 15 is 0 Å². The van der Waals surface area contributed by atoms with Gasteiger partial charge in [0, 0.05) is 49.8 Å². The van der Waals surface area contributed by atoms with Crippen molar-refractivity contribution in [1.82, 2.24) is 10.2 Å². The van der Waals surface area contributed by atoms with E-state index in [4.69, 9.17) is 4.74 Å². The summed E-state index contributed by atoms with van der Waals surface area (Å²) >= 11 is 0. The number of rotatable bonds is 13. The lowest BCUT2D eigenvalue weighted by Crippen LogP contribution is -2.37. The molecule has 1 fully saturated rings. The maximum atomic E-state index is 12.3. The molecular formula is C24H42N2O5. The van der Waals surface area contributed by atoms with Crippen molar-refractivity contribution < 1.29 is 23.9 Å². The predicted molar refractivity (Wildman–Crippen MR) is 120 cm³/mol. The second-order valence-electron chi connectivity index (χ2n) is 10.5. The molecular weight excluding hydrogens is 396 g/mol. The molecule has 1 N–H and O–H groups in total. The number of hydrogen-bond donors (Lipinski definition) is 1. The molecule has 1 atom stereocenters. The minimum atomic E-state index is -0.435. The normalized spacial score (nSPS) is 17.7. The molecule has 3 amide bonds. The highest BCUT2D eigenvalue weighted by Gasteiger charge is 2.39. The average Bonchev–Trinajstić information content (AvgIpc) is 2.92. The lowest BCUT2D eigenvalue weighted by Gasteiger charge is -2.29. The number of carbonyl (C=O) groups is 4. The van der Waals surface area contributed by atoms with Crippen LogP contribution in [0.2, 0.25) is 0 Å². The summed E-state index contributed by atoms with van der Waals surface area (Å²) in [5.74, 6) is -0.462. The Morgan fingerprint density at radius 3 is 2.23 bits per heavy atom. The molecule has 7 heteroatoms. The molecule has 0 radical (unpaired) electrons. The molecule has 0 spiro atoms. The Labute approximate surface area is 187 Å². The summed E-state index contributed by atoms with van der Waals surface area (Å²) in [5, 5.41) is 2.84. The number of amides is 3. The van der Waals surface area contributed by atoms with Crippen LogP contribution in [0.5, 0.6) is 0 Å². The first-order valence-electron chi connectivity index (χ1n) is 11.5. The van der Waals surface area contributed by atoms with Gasteiger partial charge in [-0.3, -0.25) is 24.1 Å². The minimum absolute atomic E-state index is 0.000582. The minimum Gasteiger partial charge on any atom is -0.375 e. The Morgan fingerprint density at radius 2 is 1.71 bits per heavy atom. The monoisotopic (exact) mass is 438 g/mol. The van der Waals surface area contributed by atoms with Crippen molar-refractivity contribution in [2.75, 3.05) is 19.7 Å². The molecule has 0 saturated carbocycles. The second kappa shape index (κ2) is 11.2. The molecule has 1 aliphatic heterocycles. The van der Waals surface area contributed by atoms with Gasteiger partial charge < -0.3 is 10.1 Å². The summed E-state index contributed by atoms with van der Waals surface area (Å²) in [6.07, 6.45) is 1.61. The summed E-state index contributed by atoms with van der Waals surface area (Å²) in [6, 6.07) is 0. The third kappa shape index (κ3) is 8.36. The van der Waals surface area contributed by atoms with Gasteiger partial charge in [-0.1, -0.05) is 41.5 Å². The standard InChI is InChI=1S/C24H42N2O5/c1-16(2)18-15-20(28)26(22(18)30)13-9-19(27)25-12-10-24(7,8)31-14-11-23(5,6)21(29)17(3)4/h16-18H,9-15H2,1-8H3,(H,25,27). The highest BCUT2D eigenvalue weighted by Crippen LogP contribution is 2.27. The number of hydrogen-bond acceptors (Lipinski definition) is 5. The Kier molecular flexibility index (Phi) is 9.86. The van der Waals surface area contributed by atoms with Crippen molar-refractivity contribution in [2.45, 2.75) is 86.7 Å². The van der Waals surface area contributed by atoms with Crippen LogP contribution in [0.3, 0.4) is 0 Å². The molecule has 31 heavy (non-hydrogen) atoms. The van der Waals surface area contributed by atoms with Gasteiger partial charge >= 0.3 is 0 Å². The fourth-order valence-corrected chi connectivity index (χ4v) is 3.83. The maximum absolute atomic E-state index is 12.3. The molecule has 0 aromatic rings. The van der Waals surface area contributed by atoms with Crippen LogP contribution in [0.25, 0.3) is 0 Å². The zero-order valence-electron chi connectivity index (χ0n) is 20.7. The number of carbonyl (C=O) groups excluding carboxylic acids is 4. The van der Waals surface area contributed by atoms with E-state index in [0.717, 1.165) is 0 Å². The van der Waals surface area contributed by atoms with E-state index in [9.17, 15) is 19.2 Å². The van der Waals surface area contributed by atoms with Crippen molar-refractivity contribution in [1.29, 1.82) is 0 Å². The molecule has 0 aromatic carbocycles. The zero-order valence-corrected chi connectivity index (χ0v) is 20.7. The second-order valence-corrected chi connectivity index (χ2v) is 10.5. The molecule has 1 unspecified atom stereocenters. The molecule has 7 nitrogen and oxygen atoms in total. The van der Waals surface area contributed by atoms with E-state index < -0.39 is 11.0 Å². The Morgan fingerprint density at radius 1 is 1.10 bits per heavy atom. The maximum Gasteiger partial charge on any atom is 0.233 e. The van der Waals surface area contributed by atoms with Gasteiger partial charge in [0.2, 0.25) is 17.7 Å². The van der Waals surface area contributed by atoms with Crippen LogP contribution in [0.1, 0.15) is 81.1 Å². The molecule has 1 rings (SSSR count). The molecule has 0 bridgehead atoms. The molecule has 178 valence electrons. The third-order valence-electron chi connectivity index (χ3n) is 6.11. The highest BCUT2D eigenvalue weighted by molar-refractivity contribution is 6.03. The predicted octanol–water partition coefficient (Wildman–Crippen LogP) is 3.35. The van der Waals surface area contributed by atoms with Gasteiger partial charge in [-0.2, -0.15) is 0 Å². The summed E-state index contributed by atoms with van der Waals surface area (Å²) in [5.41, 5.74) is -0.854. The van der Waals surface area contributed by atoms with Crippen LogP contribution < -0.4 is 5.32 Å². The van der Waals surface area contributed by atoms with Crippen molar-refractivity contribution >= 4 is 23.5 Å². The van der Waals surface area contributed by atoms with Crippen molar-refractivity contribution in [3.63, 3.8) is 0 Å². The van der Waals surface area contributed by atoms with Crippen molar-refractivity contribution in [3.8, 4) is 0 Å². The molecule has 1 saturated heterocycles. The van der Waals surface area contributed by atoms with Crippen LogP contribution in [-0.4, -0.2) is 53.7 Å². The van der Waals surface area contributed by atoms with Crippen LogP contribution in [0.4, 0.5) is 0 Å². The number of imide groups is 1. The van der Waals surface area contributed by atoms with Gasteiger partial charge in [-0.25, -0.2) is 0 Å². The lowest BCUT2D eigenvalue weighted by atomic mass is 9.80. The zero-order chi connectivity index (χ0) is 24.0. The molecule has 1 aliphatic rings. The summed E-state index contributed by atoms with van der Waals surface area (Å²) in [6.45, 7) is 16.6. The number of nitrogens with zero attached hydrogens (tertiary/aromatic N) is 1. The molecule has 1 heterocycles. The van der Waals surface area contributed by atoms with Crippen LogP contribution >= 0.6 is 0 Å². The van der Waals surface area contributed by atoms with E-state index in [2.05, 4.69) is 5.32 Å². The van der Waals surface area contributed by atoms with Gasteiger partial charge in [-0.15, -0.1) is 0 Å². The first-order chi connectivity index (χ1) is 14.2. The van der Waals surface area contributed by atoms with Gasteiger partial charge in [0.05, 0.1) is 5.60 Å². The number of ketones is 1. The third-order valence-corrected chi connectivity index (χ3v) is 6.11. The first kappa shape index (κ1) is 27.3. The lowest BCUT2D eigenvalue weighted by molar-refractivity contribution is -0.140. The van der Waals surface area contributed by atoms with E-state index in [1.54, 1.807) is 0 Å². The number of ether oxygens (including phenoxy) is 1. The number of Topliss-reactive ketones (excluding diaryl/α,β-unsaturated/α-hetero) is 1. The van der Waals surface area contributed by atoms with Gasteiger partial charge in [-0.05, 0) is 32.6 Å². The van der Waals surface area contributed by atoms with E-state index in [1.165, 1.54) is 4.90 Å². The Bertz CT molecular complexity index is 667. The largest absolute Gasteiger partial charge is 0.375 e. The van der Waals surface area contributed by atoms with Crippen LogP contribution in [0, 0.1) is 23.2 Å². The van der Waals surface area contributed by atoms with Gasteiger partial charge in [0.1, 0.15) is 5.78 Å². The first-order valence-corrected chi connectivity index (χ1v) is 11.5. The summed E-state index contributed by atoms with van der Waals surface area (Å²) < 4.78 is 5.98. The van der Waals surface area contributed by atoms with E-state index in [0.29, 0.717) is 26.0 Å². The smallest absolute Gasteiger partial charge is 0.233 e.